The maximum atomic E-state index is 12.6. The van der Waals surface area contributed by atoms with Gasteiger partial charge in [-0.3, -0.25) is 19.0 Å². The topological polar surface area (TPSA) is 178 Å². The van der Waals surface area contributed by atoms with Crippen LogP contribution < -0.4 is 21.5 Å². The van der Waals surface area contributed by atoms with Gasteiger partial charge in [-0.05, 0) is 17.2 Å². The molecule has 14 nitrogen and oxygen atoms in total. The molecule has 3 heterocycles. The van der Waals surface area contributed by atoms with Gasteiger partial charge in [0.2, 0.25) is 17.7 Å². The van der Waals surface area contributed by atoms with E-state index >= 15 is 0 Å². The Hall–Kier alpha value is -4.72. The van der Waals surface area contributed by atoms with Crippen LogP contribution in [0.15, 0.2) is 41.7 Å². The lowest BCUT2D eigenvalue weighted by Gasteiger charge is -2.34. The zero-order chi connectivity index (χ0) is 30.1. The highest BCUT2D eigenvalue weighted by Gasteiger charge is 2.23. The Labute approximate surface area is 242 Å². The van der Waals surface area contributed by atoms with Gasteiger partial charge in [-0.15, -0.1) is 0 Å². The second-order valence-corrected chi connectivity index (χ2v) is 9.80. The number of carbonyl (C=O) groups is 3. The van der Waals surface area contributed by atoms with Crippen molar-refractivity contribution in [2.24, 2.45) is 0 Å². The highest BCUT2D eigenvalue weighted by atomic mass is 16.5. The molecule has 3 amide bonds. The second kappa shape index (κ2) is 14.3. The largest absolute Gasteiger partial charge is 0.463 e. The van der Waals surface area contributed by atoms with Crippen LogP contribution in [-0.2, 0) is 32.2 Å². The van der Waals surface area contributed by atoms with E-state index < -0.39 is 0 Å². The molecular formula is C28H36N8O6. The Kier molecular flexibility index (Phi) is 10.3. The van der Waals surface area contributed by atoms with E-state index in [1.165, 1.54) is 10.6 Å². The summed E-state index contributed by atoms with van der Waals surface area (Å²) in [6.45, 7) is 6.71. The standard InChI is InChI=1S/C28H36N8O6/c1-3-22(38)34-11-13-35(14-12-34)23(39)10-9-21(37)30-17-19-5-7-20(8-6-19)18-36-26-24(31-28(36)40)25(29)32-27(33-26)42-16-4-15-41-2/h3,5-8H,1,4,9-18H2,2H3,(H,30,37)(H,31,40)(H2,29,32,33). The molecule has 0 spiro atoms. The molecular weight excluding hydrogens is 544 g/mol. The molecule has 1 fully saturated rings. The summed E-state index contributed by atoms with van der Waals surface area (Å²) in [5.41, 5.74) is 8.04. The number of ether oxygens (including phenoxy) is 2. The van der Waals surface area contributed by atoms with Crippen molar-refractivity contribution in [3.63, 3.8) is 0 Å². The summed E-state index contributed by atoms with van der Waals surface area (Å²) in [5.74, 6) is -0.358. The summed E-state index contributed by atoms with van der Waals surface area (Å²) in [6, 6.07) is 7.52. The summed E-state index contributed by atoms with van der Waals surface area (Å²) >= 11 is 0. The van der Waals surface area contributed by atoms with Gasteiger partial charge >= 0.3 is 11.7 Å². The minimum atomic E-state index is -0.374. The fourth-order valence-electron chi connectivity index (χ4n) is 4.53. The van der Waals surface area contributed by atoms with E-state index in [2.05, 4.69) is 26.8 Å². The van der Waals surface area contributed by atoms with Crippen LogP contribution >= 0.6 is 0 Å². The summed E-state index contributed by atoms with van der Waals surface area (Å²) in [6.07, 6.45) is 2.11. The van der Waals surface area contributed by atoms with Gasteiger partial charge in [0.1, 0.15) is 5.52 Å². The SMILES string of the molecule is C=CC(=O)N1CCN(C(=O)CCC(=O)NCc2ccc(Cn3c(=O)[nH]c4c(N)nc(OCCCOC)nc43)cc2)CC1. The van der Waals surface area contributed by atoms with Gasteiger partial charge in [-0.1, -0.05) is 30.8 Å². The van der Waals surface area contributed by atoms with Gasteiger partial charge < -0.3 is 35.3 Å². The predicted octanol–water partition coefficient (Wildman–Crippen LogP) is 0.419. The van der Waals surface area contributed by atoms with E-state index in [0.717, 1.165) is 11.1 Å². The van der Waals surface area contributed by atoms with Gasteiger partial charge in [-0.25, -0.2) is 4.79 Å². The molecule has 4 rings (SSSR count). The van der Waals surface area contributed by atoms with Crippen molar-refractivity contribution < 1.29 is 23.9 Å². The minimum absolute atomic E-state index is 0.0786. The highest BCUT2D eigenvalue weighted by Crippen LogP contribution is 2.19. The second-order valence-electron chi connectivity index (χ2n) is 9.80. The first-order chi connectivity index (χ1) is 20.3. The van der Waals surface area contributed by atoms with Crippen LogP contribution in [0.2, 0.25) is 0 Å². The van der Waals surface area contributed by atoms with Gasteiger partial charge in [-0.2, -0.15) is 9.97 Å². The number of nitrogens with two attached hydrogens (primary N) is 1. The van der Waals surface area contributed by atoms with Crippen LogP contribution in [0.3, 0.4) is 0 Å². The molecule has 0 atom stereocenters. The number of nitrogens with zero attached hydrogens (tertiary/aromatic N) is 5. The summed E-state index contributed by atoms with van der Waals surface area (Å²) in [5, 5.41) is 2.84. The number of hydrogen-bond donors (Lipinski definition) is 3. The first kappa shape index (κ1) is 30.2. The number of H-pyrrole nitrogens is 1. The van der Waals surface area contributed by atoms with Crippen LogP contribution in [0.1, 0.15) is 30.4 Å². The lowest BCUT2D eigenvalue weighted by Crippen LogP contribution is -2.50. The minimum Gasteiger partial charge on any atom is -0.463 e. The molecule has 224 valence electrons. The molecule has 1 aliphatic heterocycles. The van der Waals surface area contributed by atoms with Crippen molar-refractivity contribution in [2.75, 3.05) is 52.2 Å². The van der Waals surface area contributed by atoms with Crippen LogP contribution in [0, 0.1) is 0 Å². The smallest absolute Gasteiger partial charge is 0.328 e. The molecule has 3 aromatic rings. The number of imidazole rings is 1. The molecule has 42 heavy (non-hydrogen) atoms. The van der Waals surface area contributed by atoms with E-state index in [-0.39, 0.29) is 54.6 Å². The van der Waals surface area contributed by atoms with Crippen LogP contribution in [-0.4, -0.2) is 93.5 Å². The van der Waals surface area contributed by atoms with Crippen molar-refractivity contribution >= 4 is 34.7 Å². The Balaban J connectivity index is 1.26. The third-order valence-corrected chi connectivity index (χ3v) is 6.89. The lowest BCUT2D eigenvalue weighted by molar-refractivity contribution is -0.138. The maximum absolute atomic E-state index is 12.6. The number of aromatic nitrogens is 4. The number of piperazine rings is 1. The first-order valence-electron chi connectivity index (χ1n) is 13.7. The number of benzene rings is 1. The molecule has 14 heteroatoms. The normalized spacial score (nSPS) is 13.3. The quantitative estimate of drug-likeness (QED) is 0.191. The zero-order valence-electron chi connectivity index (χ0n) is 23.6. The Morgan fingerprint density at radius 2 is 1.74 bits per heavy atom. The van der Waals surface area contributed by atoms with E-state index in [9.17, 15) is 19.2 Å². The number of anilines is 1. The highest BCUT2D eigenvalue weighted by molar-refractivity contribution is 5.87. The van der Waals surface area contributed by atoms with Crippen LogP contribution in [0.25, 0.3) is 11.2 Å². The Bertz CT molecular complexity index is 1470. The number of fused-ring (bicyclic) bond motifs is 1. The van der Waals surface area contributed by atoms with E-state index in [1.807, 2.05) is 24.3 Å². The van der Waals surface area contributed by atoms with Crippen LogP contribution in [0.4, 0.5) is 5.82 Å². The molecule has 0 saturated carbocycles. The summed E-state index contributed by atoms with van der Waals surface area (Å²) in [7, 11) is 1.61. The van der Waals surface area contributed by atoms with Gasteiger partial charge in [0.05, 0.1) is 13.2 Å². The molecule has 1 saturated heterocycles. The number of aromatic amines is 1. The fraction of sp³-hybridized carbons (Fsp3) is 0.429. The number of nitrogen functional groups attached to an aromatic ring is 1. The van der Waals surface area contributed by atoms with Crippen molar-refractivity contribution in [1.82, 2.24) is 34.6 Å². The van der Waals surface area contributed by atoms with Crippen molar-refractivity contribution in [3.05, 3.63) is 58.5 Å². The zero-order valence-corrected chi connectivity index (χ0v) is 23.6. The molecule has 1 aromatic carbocycles. The number of nitrogens with one attached hydrogen (secondary N) is 2. The first-order valence-corrected chi connectivity index (χ1v) is 13.7. The van der Waals surface area contributed by atoms with E-state index in [1.54, 1.807) is 16.9 Å². The van der Waals surface area contributed by atoms with E-state index in [4.69, 9.17) is 15.2 Å². The Morgan fingerprint density at radius 1 is 1.05 bits per heavy atom. The van der Waals surface area contributed by atoms with Crippen molar-refractivity contribution in [3.8, 4) is 6.01 Å². The molecule has 0 aliphatic carbocycles. The Morgan fingerprint density at radius 3 is 2.43 bits per heavy atom. The van der Waals surface area contributed by atoms with Gasteiger partial charge in [0.15, 0.2) is 11.5 Å². The average molecular weight is 581 g/mol. The molecule has 1 aliphatic rings. The molecule has 4 N–H and O–H groups in total. The average Bonchev–Trinajstić information content (AvgIpc) is 3.32. The van der Waals surface area contributed by atoms with Crippen molar-refractivity contribution in [1.29, 1.82) is 0 Å². The fourth-order valence-corrected chi connectivity index (χ4v) is 4.53. The number of carbonyl (C=O) groups excluding carboxylic acids is 3. The molecule has 2 aromatic heterocycles. The molecule has 0 bridgehead atoms. The number of rotatable bonds is 13. The predicted molar refractivity (Wildman–Crippen MR) is 155 cm³/mol. The third-order valence-electron chi connectivity index (χ3n) is 6.89. The third kappa shape index (κ3) is 7.72. The summed E-state index contributed by atoms with van der Waals surface area (Å²) < 4.78 is 12.0. The number of methoxy groups -OCH3 is 1. The maximum Gasteiger partial charge on any atom is 0.328 e. The molecule has 0 radical (unpaired) electrons. The summed E-state index contributed by atoms with van der Waals surface area (Å²) in [4.78, 5) is 63.7. The van der Waals surface area contributed by atoms with Crippen molar-refractivity contribution in [2.45, 2.75) is 32.4 Å². The number of hydrogen-bond acceptors (Lipinski definition) is 9. The van der Waals surface area contributed by atoms with Crippen LogP contribution in [0.5, 0.6) is 6.01 Å². The van der Waals surface area contributed by atoms with Gasteiger partial charge in [0.25, 0.3) is 0 Å². The lowest BCUT2D eigenvalue weighted by atomic mass is 10.1. The molecule has 0 unspecified atom stereocenters. The van der Waals surface area contributed by atoms with E-state index in [0.29, 0.717) is 63.5 Å². The monoisotopic (exact) mass is 580 g/mol. The van der Waals surface area contributed by atoms with Gasteiger partial charge in [0, 0.05) is 65.7 Å². The number of amides is 3.